The van der Waals surface area contributed by atoms with E-state index < -0.39 is 0 Å². The molecule has 0 amide bonds. The van der Waals surface area contributed by atoms with Gasteiger partial charge in [0.05, 0.1) is 4.47 Å². The highest BCUT2D eigenvalue weighted by atomic mass is 79.9. The van der Waals surface area contributed by atoms with E-state index in [4.69, 9.17) is 4.74 Å². The summed E-state index contributed by atoms with van der Waals surface area (Å²) in [5.41, 5.74) is 1.18. The van der Waals surface area contributed by atoms with Crippen molar-refractivity contribution in [2.45, 2.75) is 6.92 Å². The summed E-state index contributed by atoms with van der Waals surface area (Å²) in [7, 11) is 0. The molecule has 1 aromatic carbocycles. The van der Waals surface area contributed by atoms with Crippen LogP contribution in [-0.2, 0) is 0 Å². The summed E-state index contributed by atoms with van der Waals surface area (Å²) in [5.74, 6) is 1.34. The van der Waals surface area contributed by atoms with Gasteiger partial charge in [-0.25, -0.2) is 4.98 Å². The first-order valence-corrected chi connectivity index (χ1v) is 6.29. The molecule has 82 valence electrons. The van der Waals surface area contributed by atoms with E-state index in [0.717, 1.165) is 14.7 Å². The van der Waals surface area contributed by atoms with E-state index >= 15 is 0 Å². The van der Waals surface area contributed by atoms with E-state index in [1.54, 1.807) is 6.20 Å². The normalized spacial score (nSPS) is 10.2. The molecule has 0 saturated carbocycles. The number of hydrogen-bond donors (Lipinski definition) is 0. The van der Waals surface area contributed by atoms with Gasteiger partial charge in [-0.2, -0.15) is 0 Å². The summed E-state index contributed by atoms with van der Waals surface area (Å²) in [6, 6.07) is 9.64. The quantitative estimate of drug-likeness (QED) is 0.788. The fourth-order valence-corrected chi connectivity index (χ4v) is 2.03. The first kappa shape index (κ1) is 11.6. The van der Waals surface area contributed by atoms with Crippen LogP contribution in [0.5, 0.6) is 11.6 Å². The summed E-state index contributed by atoms with van der Waals surface area (Å²) in [5, 5.41) is 0. The fourth-order valence-electron chi connectivity index (χ4n) is 1.22. The van der Waals surface area contributed by atoms with Gasteiger partial charge < -0.3 is 4.74 Å². The molecule has 2 nitrogen and oxygen atoms in total. The highest BCUT2D eigenvalue weighted by molar-refractivity contribution is 9.10. The third-order valence-corrected chi connectivity index (χ3v) is 3.09. The van der Waals surface area contributed by atoms with Crippen LogP contribution in [0.2, 0.25) is 0 Å². The van der Waals surface area contributed by atoms with Crippen molar-refractivity contribution in [2.75, 3.05) is 0 Å². The van der Waals surface area contributed by atoms with Gasteiger partial charge in [0.15, 0.2) is 0 Å². The van der Waals surface area contributed by atoms with Crippen molar-refractivity contribution in [1.82, 2.24) is 4.98 Å². The maximum absolute atomic E-state index is 5.64. The lowest BCUT2D eigenvalue weighted by Crippen LogP contribution is -1.88. The standard InChI is InChI=1S/C12H9Br2NO/c1-8-2-4-11(10(14)6-8)16-12-5-3-9(13)7-15-12/h2-7H,1H3. The first-order valence-electron chi connectivity index (χ1n) is 4.71. The molecule has 0 atom stereocenters. The SMILES string of the molecule is Cc1ccc(Oc2ccc(Br)cn2)c(Br)c1. The molecule has 0 aliphatic carbocycles. The van der Waals surface area contributed by atoms with Crippen LogP contribution in [0.4, 0.5) is 0 Å². The van der Waals surface area contributed by atoms with E-state index in [9.17, 15) is 0 Å². The lowest BCUT2D eigenvalue weighted by Gasteiger charge is -2.07. The highest BCUT2D eigenvalue weighted by Crippen LogP contribution is 2.29. The fraction of sp³-hybridized carbons (Fsp3) is 0.0833. The molecule has 16 heavy (non-hydrogen) atoms. The van der Waals surface area contributed by atoms with Gasteiger partial charge in [0.2, 0.25) is 5.88 Å². The van der Waals surface area contributed by atoms with E-state index in [1.165, 1.54) is 5.56 Å². The number of aryl methyl sites for hydroxylation is 1. The second-order valence-corrected chi connectivity index (χ2v) is 5.12. The second kappa shape index (κ2) is 4.97. The average Bonchev–Trinajstić information content (AvgIpc) is 2.25. The van der Waals surface area contributed by atoms with Gasteiger partial charge in [0, 0.05) is 16.7 Å². The van der Waals surface area contributed by atoms with Crippen LogP contribution >= 0.6 is 31.9 Å². The number of halogens is 2. The lowest BCUT2D eigenvalue weighted by atomic mass is 10.2. The predicted octanol–water partition coefficient (Wildman–Crippen LogP) is 4.71. The molecule has 0 N–H and O–H groups in total. The summed E-state index contributed by atoms with van der Waals surface area (Å²) >= 11 is 6.78. The molecule has 0 fully saturated rings. The molecule has 2 aromatic rings. The van der Waals surface area contributed by atoms with Crippen molar-refractivity contribution in [1.29, 1.82) is 0 Å². The number of pyridine rings is 1. The molecule has 2 rings (SSSR count). The third kappa shape index (κ3) is 2.83. The van der Waals surface area contributed by atoms with Crippen molar-refractivity contribution in [3.8, 4) is 11.6 Å². The van der Waals surface area contributed by atoms with Gasteiger partial charge in [-0.1, -0.05) is 6.07 Å². The van der Waals surface area contributed by atoms with Gasteiger partial charge in [-0.3, -0.25) is 0 Å². The molecular weight excluding hydrogens is 334 g/mol. The monoisotopic (exact) mass is 341 g/mol. The molecule has 0 radical (unpaired) electrons. The number of ether oxygens (including phenoxy) is 1. The molecule has 0 saturated heterocycles. The Labute approximate surface area is 111 Å². The third-order valence-electron chi connectivity index (χ3n) is 2.00. The molecule has 1 heterocycles. The Morgan fingerprint density at radius 1 is 1.12 bits per heavy atom. The number of benzene rings is 1. The summed E-state index contributed by atoms with van der Waals surface area (Å²) < 4.78 is 7.50. The Kier molecular flexibility index (Phi) is 3.61. The Hall–Kier alpha value is -0.870. The van der Waals surface area contributed by atoms with Gasteiger partial charge in [0.25, 0.3) is 0 Å². The van der Waals surface area contributed by atoms with Gasteiger partial charge in [-0.05, 0) is 62.5 Å². The van der Waals surface area contributed by atoms with E-state index in [0.29, 0.717) is 5.88 Å². The van der Waals surface area contributed by atoms with E-state index in [2.05, 4.69) is 36.8 Å². The number of aromatic nitrogens is 1. The summed E-state index contributed by atoms with van der Waals surface area (Å²) in [4.78, 5) is 4.15. The van der Waals surface area contributed by atoms with E-state index in [1.807, 2.05) is 37.3 Å². The molecule has 1 aromatic heterocycles. The highest BCUT2D eigenvalue weighted by Gasteiger charge is 2.03. The molecule has 0 bridgehead atoms. The number of hydrogen-bond acceptors (Lipinski definition) is 2. The minimum atomic E-state index is 0.577. The summed E-state index contributed by atoms with van der Waals surface area (Å²) in [6.45, 7) is 2.03. The molecule has 4 heteroatoms. The minimum Gasteiger partial charge on any atom is -0.438 e. The van der Waals surface area contributed by atoms with Gasteiger partial charge >= 0.3 is 0 Å². The van der Waals surface area contributed by atoms with Crippen molar-refractivity contribution in [3.05, 3.63) is 51.0 Å². The van der Waals surface area contributed by atoms with Crippen LogP contribution in [0.25, 0.3) is 0 Å². The van der Waals surface area contributed by atoms with Crippen molar-refractivity contribution < 1.29 is 4.74 Å². The van der Waals surface area contributed by atoms with Crippen LogP contribution < -0.4 is 4.74 Å². The Morgan fingerprint density at radius 3 is 2.56 bits per heavy atom. The first-order chi connectivity index (χ1) is 7.65. The predicted molar refractivity (Wildman–Crippen MR) is 70.9 cm³/mol. The maximum atomic E-state index is 5.64. The van der Waals surface area contributed by atoms with Crippen molar-refractivity contribution >= 4 is 31.9 Å². The van der Waals surface area contributed by atoms with Crippen LogP contribution in [0.1, 0.15) is 5.56 Å². The number of nitrogens with zero attached hydrogens (tertiary/aromatic N) is 1. The Bertz CT molecular complexity index is 497. The van der Waals surface area contributed by atoms with Crippen molar-refractivity contribution in [3.63, 3.8) is 0 Å². The zero-order valence-electron chi connectivity index (χ0n) is 8.58. The van der Waals surface area contributed by atoms with Crippen LogP contribution in [0, 0.1) is 6.92 Å². The van der Waals surface area contributed by atoms with Gasteiger partial charge in [0.1, 0.15) is 5.75 Å². The molecule has 0 spiro atoms. The molecule has 0 unspecified atom stereocenters. The summed E-state index contributed by atoms with van der Waals surface area (Å²) in [6.07, 6.45) is 1.71. The topological polar surface area (TPSA) is 22.1 Å². The smallest absolute Gasteiger partial charge is 0.219 e. The van der Waals surface area contributed by atoms with Crippen LogP contribution in [-0.4, -0.2) is 4.98 Å². The maximum Gasteiger partial charge on any atom is 0.219 e. The Morgan fingerprint density at radius 2 is 1.94 bits per heavy atom. The second-order valence-electron chi connectivity index (χ2n) is 3.35. The zero-order chi connectivity index (χ0) is 11.5. The minimum absolute atomic E-state index is 0.577. The molecular formula is C12H9Br2NO. The van der Waals surface area contributed by atoms with Gasteiger partial charge in [-0.15, -0.1) is 0 Å². The van der Waals surface area contributed by atoms with E-state index in [-0.39, 0.29) is 0 Å². The largest absolute Gasteiger partial charge is 0.438 e. The van der Waals surface area contributed by atoms with Crippen molar-refractivity contribution in [2.24, 2.45) is 0 Å². The Balaban J connectivity index is 2.23. The average molecular weight is 343 g/mol. The van der Waals surface area contributed by atoms with Crippen LogP contribution in [0.3, 0.4) is 0 Å². The number of rotatable bonds is 2. The molecule has 0 aliphatic rings. The van der Waals surface area contributed by atoms with Crippen LogP contribution in [0.15, 0.2) is 45.5 Å². The zero-order valence-corrected chi connectivity index (χ0v) is 11.7. The lowest BCUT2D eigenvalue weighted by molar-refractivity contribution is 0.460. The molecule has 0 aliphatic heterocycles.